The summed E-state index contributed by atoms with van der Waals surface area (Å²) in [6.45, 7) is 2.65. The lowest BCUT2D eigenvalue weighted by Gasteiger charge is -2.30. The molecule has 0 saturated carbocycles. The van der Waals surface area contributed by atoms with Crippen LogP contribution in [-0.2, 0) is 19.9 Å². The summed E-state index contributed by atoms with van der Waals surface area (Å²) >= 11 is 13.9. The molecule has 0 amide bonds. The number of halogens is 4. The molecule has 0 saturated heterocycles. The Labute approximate surface area is 226 Å². The Morgan fingerprint density at radius 3 is 2.06 bits per heavy atom. The molecule has 0 radical (unpaired) electrons. The second kappa shape index (κ2) is 9.62. The molecule has 4 rings (SSSR count). The number of phenols is 1. The summed E-state index contributed by atoms with van der Waals surface area (Å²) in [4.78, 5) is 0.0980. The predicted octanol–water partition coefficient (Wildman–Crippen LogP) is 7.63. The molecule has 174 valence electrons. The van der Waals surface area contributed by atoms with E-state index >= 15 is 0 Å². The van der Waals surface area contributed by atoms with Gasteiger partial charge in [0.25, 0.3) is 10.1 Å². The van der Waals surface area contributed by atoms with Gasteiger partial charge in [0.05, 0.1) is 24.5 Å². The summed E-state index contributed by atoms with van der Waals surface area (Å²) in [6, 6.07) is 13.6. The lowest BCUT2D eigenvalue weighted by molar-refractivity contribution is 0.179. The quantitative estimate of drug-likeness (QED) is 0.209. The SMILES string of the molecule is CCCCOc1c(Br)cc(C2(c3cc(Br)c(O)c(Br)c3)OS(=O)(=O)c3ccccc32)cc1Br. The molecule has 5 nitrogen and oxygen atoms in total. The second-order valence-electron chi connectivity index (χ2n) is 7.47. The summed E-state index contributed by atoms with van der Waals surface area (Å²) in [5.74, 6) is 0.634. The Morgan fingerprint density at radius 2 is 1.48 bits per heavy atom. The van der Waals surface area contributed by atoms with Crippen LogP contribution < -0.4 is 4.74 Å². The maximum absolute atomic E-state index is 13.1. The molecule has 1 aliphatic heterocycles. The van der Waals surface area contributed by atoms with Gasteiger partial charge in [0, 0.05) is 5.56 Å². The number of hydrogen-bond acceptors (Lipinski definition) is 5. The van der Waals surface area contributed by atoms with Crippen molar-refractivity contribution in [1.82, 2.24) is 0 Å². The van der Waals surface area contributed by atoms with Gasteiger partial charge in [-0.3, -0.25) is 0 Å². The van der Waals surface area contributed by atoms with E-state index in [1.54, 1.807) is 42.5 Å². The summed E-state index contributed by atoms with van der Waals surface area (Å²) < 4.78 is 40.2. The highest BCUT2D eigenvalue weighted by Crippen LogP contribution is 2.53. The molecule has 1 heterocycles. The third-order valence-corrected chi connectivity index (χ3v) is 9.09. The lowest BCUT2D eigenvalue weighted by Crippen LogP contribution is -2.30. The Hall–Kier alpha value is -0.910. The molecule has 1 atom stereocenters. The van der Waals surface area contributed by atoms with Crippen LogP contribution in [0.4, 0.5) is 0 Å². The standard InChI is InChI=1S/C23H18Br4O5S/c1-2-3-8-31-22-18(26)11-14(12-19(22)27)23(13-9-16(24)21(28)17(25)10-13)15-6-4-5-7-20(15)33(29,30)32-23/h4-7,9-12,28H,2-3,8H2,1H3. The van der Waals surface area contributed by atoms with Crippen molar-refractivity contribution >= 4 is 73.8 Å². The van der Waals surface area contributed by atoms with Crippen molar-refractivity contribution < 1.29 is 22.4 Å². The van der Waals surface area contributed by atoms with Gasteiger partial charge in [-0.2, -0.15) is 8.42 Å². The Kier molecular flexibility index (Phi) is 7.34. The van der Waals surface area contributed by atoms with E-state index in [0.29, 0.717) is 46.9 Å². The largest absolute Gasteiger partial charge is 0.506 e. The first-order valence-electron chi connectivity index (χ1n) is 9.97. The van der Waals surface area contributed by atoms with Crippen molar-refractivity contribution in [1.29, 1.82) is 0 Å². The predicted molar refractivity (Wildman–Crippen MR) is 140 cm³/mol. The van der Waals surface area contributed by atoms with Gasteiger partial charge in [-0.1, -0.05) is 31.5 Å². The molecule has 1 aliphatic rings. The monoisotopic (exact) mass is 722 g/mol. The molecule has 1 N–H and O–H groups in total. The molecule has 3 aromatic carbocycles. The van der Waals surface area contributed by atoms with Crippen LogP contribution in [0, 0.1) is 0 Å². The van der Waals surface area contributed by atoms with Crippen molar-refractivity contribution in [2.24, 2.45) is 0 Å². The zero-order valence-electron chi connectivity index (χ0n) is 17.2. The van der Waals surface area contributed by atoms with Gasteiger partial charge in [0.2, 0.25) is 0 Å². The van der Waals surface area contributed by atoms with Crippen LogP contribution in [0.25, 0.3) is 0 Å². The summed E-state index contributed by atoms with van der Waals surface area (Å²) in [7, 11) is -4.05. The lowest BCUT2D eigenvalue weighted by atomic mass is 9.80. The van der Waals surface area contributed by atoms with Crippen molar-refractivity contribution in [3.63, 3.8) is 0 Å². The van der Waals surface area contributed by atoms with Gasteiger partial charge < -0.3 is 9.84 Å². The van der Waals surface area contributed by atoms with Crippen LogP contribution in [-0.4, -0.2) is 20.1 Å². The van der Waals surface area contributed by atoms with Crippen molar-refractivity contribution in [3.8, 4) is 11.5 Å². The molecule has 0 aliphatic carbocycles. The Bertz CT molecular complexity index is 1300. The van der Waals surface area contributed by atoms with Crippen LogP contribution >= 0.6 is 63.7 Å². The fraction of sp³-hybridized carbons (Fsp3) is 0.217. The number of phenolic OH excluding ortho intramolecular Hbond substituents is 1. The number of rotatable bonds is 6. The van der Waals surface area contributed by atoms with E-state index in [9.17, 15) is 13.5 Å². The number of aromatic hydroxyl groups is 1. The number of benzene rings is 3. The maximum atomic E-state index is 13.1. The minimum absolute atomic E-state index is 0.00470. The molecular weight excluding hydrogens is 708 g/mol. The van der Waals surface area contributed by atoms with Gasteiger partial charge in [0.15, 0.2) is 5.60 Å². The molecule has 0 aromatic heterocycles. The van der Waals surface area contributed by atoms with E-state index in [0.717, 1.165) is 12.8 Å². The van der Waals surface area contributed by atoms with Crippen molar-refractivity contribution in [3.05, 3.63) is 83.1 Å². The van der Waals surface area contributed by atoms with Crippen LogP contribution in [0.5, 0.6) is 11.5 Å². The average Bonchev–Trinajstić information content (AvgIpc) is 3.02. The Morgan fingerprint density at radius 1 is 0.939 bits per heavy atom. The number of fused-ring (bicyclic) bond motifs is 1. The highest BCUT2D eigenvalue weighted by molar-refractivity contribution is 9.11. The molecule has 33 heavy (non-hydrogen) atoms. The molecule has 0 spiro atoms. The van der Waals surface area contributed by atoms with Gasteiger partial charge >= 0.3 is 0 Å². The average molecular weight is 726 g/mol. The number of unbranched alkanes of at least 4 members (excludes halogenated alkanes) is 1. The molecular formula is C23H18Br4O5S. The molecule has 3 aromatic rings. The van der Waals surface area contributed by atoms with E-state index in [1.165, 1.54) is 6.07 Å². The highest BCUT2D eigenvalue weighted by atomic mass is 79.9. The van der Waals surface area contributed by atoms with Crippen LogP contribution in [0.3, 0.4) is 0 Å². The first-order valence-corrected chi connectivity index (χ1v) is 14.6. The second-order valence-corrected chi connectivity index (χ2v) is 12.4. The zero-order valence-corrected chi connectivity index (χ0v) is 24.4. The smallest absolute Gasteiger partial charge is 0.298 e. The van der Waals surface area contributed by atoms with Crippen molar-refractivity contribution in [2.75, 3.05) is 6.61 Å². The van der Waals surface area contributed by atoms with Crippen molar-refractivity contribution in [2.45, 2.75) is 30.3 Å². The molecule has 0 bridgehead atoms. The maximum Gasteiger partial charge on any atom is 0.298 e. The Balaban J connectivity index is 2.01. The minimum Gasteiger partial charge on any atom is -0.506 e. The van der Waals surface area contributed by atoms with Gasteiger partial charge in [0.1, 0.15) is 16.4 Å². The van der Waals surface area contributed by atoms with Gasteiger partial charge in [-0.25, -0.2) is 4.18 Å². The number of hydrogen-bond donors (Lipinski definition) is 1. The first kappa shape index (κ1) is 25.2. The highest BCUT2D eigenvalue weighted by Gasteiger charge is 2.52. The topological polar surface area (TPSA) is 72.8 Å². The summed E-state index contributed by atoms with van der Waals surface area (Å²) in [5, 5.41) is 10.3. The normalized spacial score (nSPS) is 18.8. The van der Waals surface area contributed by atoms with Crippen LogP contribution in [0.2, 0.25) is 0 Å². The number of ether oxygens (including phenoxy) is 1. The van der Waals surface area contributed by atoms with E-state index in [1.807, 2.05) is 0 Å². The minimum atomic E-state index is -4.05. The van der Waals surface area contributed by atoms with E-state index in [4.69, 9.17) is 8.92 Å². The van der Waals surface area contributed by atoms with Gasteiger partial charge in [-0.05, 0) is 112 Å². The third kappa shape index (κ3) is 4.43. The summed E-state index contributed by atoms with van der Waals surface area (Å²) in [5.41, 5.74) is 0.0855. The fourth-order valence-electron chi connectivity index (χ4n) is 3.79. The fourth-order valence-corrected chi connectivity index (χ4v) is 7.82. The van der Waals surface area contributed by atoms with Crippen LogP contribution in [0.1, 0.15) is 36.5 Å². The van der Waals surface area contributed by atoms with E-state index < -0.39 is 15.7 Å². The summed E-state index contributed by atoms with van der Waals surface area (Å²) in [6.07, 6.45) is 1.92. The third-order valence-electron chi connectivity index (χ3n) is 5.34. The van der Waals surface area contributed by atoms with Crippen LogP contribution in [0.15, 0.2) is 71.3 Å². The zero-order chi connectivity index (χ0) is 24.0. The van der Waals surface area contributed by atoms with E-state index in [-0.39, 0.29) is 10.6 Å². The molecule has 1 unspecified atom stereocenters. The van der Waals surface area contributed by atoms with E-state index in [2.05, 4.69) is 70.6 Å². The molecule has 10 heteroatoms. The van der Waals surface area contributed by atoms with Gasteiger partial charge in [-0.15, -0.1) is 0 Å². The first-order chi connectivity index (χ1) is 15.6. The molecule has 0 fully saturated rings.